The Kier molecular flexibility index (Phi) is 8.03. The first-order chi connectivity index (χ1) is 17.6. The maximum Gasteiger partial charge on any atom is 0.312 e. The molecule has 3 aromatic rings. The molecule has 2 amide bonds. The Bertz CT molecular complexity index is 1380. The number of nitrogens with one attached hydrogen (secondary N) is 1. The van der Waals surface area contributed by atoms with E-state index in [1.165, 1.54) is 23.1 Å². The van der Waals surface area contributed by atoms with Crippen molar-refractivity contribution in [2.75, 3.05) is 16.8 Å². The van der Waals surface area contributed by atoms with Gasteiger partial charge in [0.25, 0.3) is 11.6 Å². The van der Waals surface area contributed by atoms with Gasteiger partial charge in [-0.15, -0.1) is 0 Å². The van der Waals surface area contributed by atoms with E-state index >= 15 is 0 Å². The smallest absolute Gasteiger partial charge is 0.312 e. The summed E-state index contributed by atoms with van der Waals surface area (Å²) in [6.07, 6.45) is -1.33. The van der Waals surface area contributed by atoms with Crippen molar-refractivity contribution in [1.29, 1.82) is 0 Å². The van der Waals surface area contributed by atoms with E-state index in [4.69, 9.17) is 4.74 Å². The molecule has 0 aromatic heterocycles. The molecule has 0 saturated carbocycles. The number of esters is 1. The maximum atomic E-state index is 13.2. The highest BCUT2D eigenvalue weighted by Gasteiger charge is 2.38. The molecule has 0 aliphatic carbocycles. The maximum absolute atomic E-state index is 13.2. The molecule has 2 atom stereocenters. The molecular formula is C26H21Br2N3O6. The zero-order chi connectivity index (χ0) is 26.7. The Morgan fingerprint density at radius 3 is 2.46 bits per heavy atom. The number of carbonyl (C=O) groups excluding carboxylic acids is 3. The molecule has 1 saturated heterocycles. The van der Waals surface area contributed by atoms with Gasteiger partial charge in [0.1, 0.15) is 0 Å². The van der Waals surface area contributed by atoms with Crippen LogP contribution >= 0.6 is 31.9 Å². The minimum Gasteiger partial charge on any atom is -0.447 e. The van der Waals surface area contributed by atoms with E-state index in [1.807, 2.05) is 19.1 Å². The van der Waals surface area contributed by atoms with Crippen molar-refractivity contribution in [1.82, 2.24) is 0 Å². The van der Waals surface area contributed by atoms with E-state index in [9.17, 15) is 24.5 Å². The second-order valence-corrected chi connectivity index (χ2v) is 10.2. The largest absolute Gasteiger partial charge is 0.447 e. The number of rotatable bonds is 7. The topological polar surface area (TPSA) is 119 Å². The zero-order valence-electron chi connectivity index (χ0n) is 19.5. The average molecular weight is 631 g/mol. The fourth-order valence-electron chi connectivity index (χ4n) is 3.94. The Morgan fingerprint density at radius 1 is 1.08 bits per heavy atom. The fourth-order valence-corrected chi connectivity index (χ4v) is 4.65. The Labute approximate surface area is 229 Å². The molecule has 4 rings (SSSR count). The van der Waals surface area contributed by atoms with Gasteiger partial charge in [-0.05, 0) is 52.7 Å². The number of benzene rings is 3. The lowest BCUT2D eigenvalue weighted by molar-refractivity contribution is -0.384. The summed E-state index contributed by atoms with van der Waals surface area (Å²) in [6.45, 7) is 2.04. The van der Waals surface area contributed by atoms with Gasteiger partial charge >= 0.3 is 5.97 Å². The number of anilines is 2. The molecular weight excluding hydrogens is 610 g/mol. The minimum absolute atomic E-state index is 0.0367. The second-order valence-electron chi connectivity index (χ2n) is 8.48. The Balaban J connectivity index is 1.52. The molecule has 1 heterocycles. The van der Waals surface area contributed by atoms with E-state index < -0.39 is 28.8 Å². The van der Waals surface area contributed by atoms with Crippen molar-refractivity contribution in [2.45, 2.75) is 19.4 Å². The third-order valence-electron chi connectivity index (χ3n) is 5.91. The number of amides is 2. The number of halogens is 2. The summed E-state index contributed by atoms with van der Waals surface area (Å²) in [5, 5.41) is 13.7. The molecule has 1 fully saturated rings. The number of carbonyl (C=O) groups is 3. The summed E-state index contributed by atoms with van der Waals surface area (Å²) < 4.78 is 6.88. The van der Waals surface area contributed by atoms with Gasteiger partial charge in [-0.3, -0.25) is 24.5 Å². The molecule has 9 nitrogen and oxygen atoms in total. The van der Waals surface area contributed by atoms with Gasteiger partial charge in [0.15, 0.2) is 0 Å². The van der Waals surface area contributed by atoms with Gasteiger partial charge in [-0.1, -0.05) is 46.3 Å². The molecule has 2 unspecified atom stereocenters. The van der Waals surface area contributed by atoms with Crippen LogP contribution in [0.25, 0.3) is 0 Å². The van der Waals surface area contributed by atoms with Gasteiger partial charge in [-0.2, -0.15) is 0 Å². The highest BCUT2D eigenvalue weighted by atomic mass is 79.9. The van der Waals surface area contributed by atoms with Crippen LogP contribution in [-0.2, 0) is 19.1 Å². The number of nitro benzene ring substituents is 1. The summed E-state index contributed by atoms with van der Waals surface area (Å²) in [5.41, 5.74) is 2.21. The molecule has 1 aliphatic rings. The van der Waals surface area contributed by atoms with Crippen LogP contribution < -0.4 is 10.2 Å². The summed E-state index contributed by atoms with van der Waals surface area (Å²) in [4.78, 5) is 51.1. The van der Waals surface area contributed by atoms with E-state index in [0.29, 0.717) is 15.7 Å². The average Bonchev–Trinajstić information content (AvgIpc) is 3.27. The van der Waals surface area contributed by atoms with Crippen LogP contribution in [0.2, 0.25) is 0 Å². The predicted molar refractivity (Wildman–Crippen MR) is 144 cm³/mol. The summed E-state index contributed by atoms with van der Waals surface area (Å²) in [7, 11) is 0. The van der Waals surface area contributed by atoms with Crippen molar-refractivity contribution in [3.8, 4) is 0 Å². The van der Waals surface area contributed by atoms with Gasteiger partial charge in [0.2, 0.25) is 12.0 Å². The first-order valence-corrected chi connectivity index (χ1v) is 12.8. The Hall–Kier alpha value is -3.57. The lowest BCUT2D eigenvalue weighted by Gasteiger charge is -2.21. The van der Waals surface area contributed by atoms with Crippen LogP contribution in [-0.4, -0.2) is 29.3 Å². The SMILES string of the molecule is Cc1cc(N2CC(C(=O)OC(C(=O)Nc3ccc([N+](=O)[O-])cc3Br)c3ccccc3)CC2=O)ccc1Br. The number of hydrogen-bond donors (Lipinski definition) is 1. The minimum atomic E-state index is -1.30. The highest BCUT2D eigenvalue weighted by molar-refractivity contribution is 9.11. The molecule has 11 heteroatoms. The fraction of sp³-hybridized carbons (Fsp3) is 0.192. The van der Waals surface area contributed by atoms with E-state index in [1.54, 1.807) is 36.4 Å². The molecule has 1 N–H and O–H groups in total. The van der Waals surface area contributed by atoms with E-state index in [-0.39, 0.29) is 30.2 Å². The first kappa shape index (κ1) is 26.5. The summed E-state index contributed by atoms with van der Waals surface area (Å²) >= 11 is 6.67. The number of nitro groups is 1. The lowest BCUT2D eigenvalue weighted by Crippen LogP contribution is -2.30. The Morgan fingerprint density at radius 2 is 1.81 bits per heavy atom. The molecule has 1 aliphatic heterocycles. The summed E-state index contributed by atoms with van der Waals surface area (Å²) in [5.74, 6) is -2.27. The first-order valence-electron chi connectivity index (χ1n) is 11.2. The zero-order valence-corrected chi connectivity index (χ0v) is 22.7. The molecule has 190 valence electrons. The van der Waals surface area contributed by atoms with Crippen LogP contribution in [0, 0.1) is 23.0 Å². The second kappa shape index (κ2) is 11.2. The monoisotopic (exact) mass is 629 g/mol. The molecule has 3 aromatic carbocycles. The van der Waals surface area contributed by atoms with Crippen molar-refractivity contribution in [2.24, 2.45) is 5.92 Å². The van der Waals surface area contributed by atoms with Gasteiger partial charge in [-0.25, -0.2) is 0 Å². The van der Waals surface area contributed by atoms with Gasteiger partial charge < -0.3 is 15.0 Å². The lowest BCUT2D eigenvalue weighted by atomic mass is 10.1. The number of aryl methyl sites for hydroxylation is 1. The number of nitrogens with zero attached hydrogens (tertiary/aromatic N) is 2. The van der Waals surface area contributed by atoms with Gasteiger partial charge in [0.05, 0.1) is 16.5 Å². The number of ether oxygens (including phenoxy) is 1. The van der Waals surface area contributed by atoms with Crippen LogP contribution in [0.3, 0.4) is 0 Å². The third kappa shape index (κ3) is 6.05. The summed E-state index contributed by atoms with van der Waals surface area (Å²) in [6, 6.07) is 17.9. The van der Waals surface area contributed by atoms with Crippen molar-refractivity contribution in [3.63, 3.8) is 0 Å². The highest BCUT2D eigenvalue weighted by Crippen LogP contribution is 2.32. The van der Waals surface area contributed by atoms with Crippen LogP contribution in [0.15, 0.2) is 75.7 Å². The predicted octanol–water partition coefficient (Wildman–Crippen LogP) is 5.70. The van der Waals surface area contributed by atoms with Gasteiger partial charge in [0, 0.05) is 45.3 Å². The van der Waals surface area contributed by atoms with E-state index in [0.717, 1.165) is 10.0 Å². The third-order valence-corrected chi connectivity index (χ3v) is 7.45. The molecule has 0 radical (unpaired) electrons. The van der Waals surface area contributed by atoms with Crippen molar-refractivity contribution in [3.05, 3.63) is 96.9 Å². The van der Waals surface area contributed by atoms with E-state index in [2.05, 4.69) is 37.2 Å². The number of non-ortho nitro benzene ring substituents is 1. The van der Waals surface area contributed by atoms with Crippen molar-refractivity contribution >= 4 is 66.7 Å². The number of hydrogen-bond acceptors (Lipinski definition) is 6. The molecule has 0 bridgehead atoms. The standard InChI is InChI=1S/C26H21Br2N3O6/c1-15-11-18(7-9-20(15)27)30-14-17(12-23(30)32)26(34)37-24(16-5-3-2-4-6-16)25(33)29-22-10-8-19(31(35)36)13-21(22)28/h2-11,13,17,24H,12,14H2,1H3,(H,29,33). The van der Waals surface area contributed by atoms with Crippen LogP contribution in [0.4, 0.5) is 17.1 Å². The van der Waals surface area contributed by atoms with Crippen molar-refractivity contribution < 1.29 is 24.0 Å². The van der Waals surface area contributed by atoms with Crippen LogP contribution in [0.5, 0.6) is 0 Å². The normalized spacial score (nSPS) is 15.8. The molecule has 37 heavy (non-hydrogen) atoms. The van der Waals surface area contributed by atoms with Crippen LogP contribution in [0.1, 0.15) is 23.7 Å². The quantitative estimate of drug-likeness (QED) is 0.203. The molecule has 0 spiro atoms.